The predicted octanol–water partition coefficient (Wildman–Crippen LogP) is 2.64. The van der Waals surface area contributed by atoms with Crippen molar-refractivity contribution in [3.8, 4) is 0 Å². The molecule has 1 heterocycles. The van der Waals surface area contributed by atoms with Crippen LogP contribution in [0, 0.1) is 11.6 Å². The van der Waals surface area contributed by atoms with Crippen molar-refractivity contribution in [1.82, 2.24) is 9.55 Å². The Kier molecular flexibility index (Phi) is 4.33. The number of nitrogen functional groups attached to an aromatic ring is 1. The Balaban J connectivity index is 1.77. The minimum Gasteiger partial charge on any atom is -0.399 e. The minimum absolute atomic E-state index is 0.0839. The highest BCUT2D eigenvalue weighted by Crippen LogP contribution is 2.21. The number of aromatic nitrogens is 2. The van der Waals surface area contributed by atoms with E-state index < -0.39 is 11.6 Å². The lowest BCUT2D eigenvalue weighted by Crippen LogP contribution is -2.07. The summed E-state index contributed by atoms with van der Waals surface area (Å²) in [4.78, 5) is 3.94. The SMILES string of the molecule is Nc1cc(F)c(NCCCCn2ccnc2)c(F)c1. The highest BCUT2D eigenvalue weighted by Gasteiger charge is 2.09. The largest absolute Gasteiger partial charge is 0.399 e. The van der Waals surface area contributed by atoms with Gasteiger partial charge in [-0.05, 0) is 25.0 Å². The second-order valence-corrected chi connectivity index (χ2v) is 4.29. The van der Waals surface area contributed by atoms with Gasteiger partial charge >= 0.3 is 0 Å². The van der Waals surface area contributed by atoms with Gasteiger partial charge in [-0.25, -0.2) is 13.8 Å². The second kappa shape index (κ2) is 6.17. The van der Waals surface area contributed by atoms with E-state index in [-0.39, 0.29) is 11.4 Å². The molecule has 19 heavy (non-hydrogen) atoms. The molecule has 0 bridgehead atoms. The van der Waals surface area contributed by atoms with Crippen LogP contribution >= 0.6 is 0 Å². The van der Waals surface area contributed by atoms with Crippen LogP contribution in [0.4, 0.5) is 20.2 Å². The lowest BCUT2D eigenvalue weighted by atomic mass is 10.2. The van der Waals surface area contributed by atoms with Crippen molar-refractivity contribution in [3.63, 3.8) is 0 Å². The van der Waals surface area contributed by atoms with Gasteiger partial charge in [0.2, 0.25) is 0 Å². The summed E-state index contributed by atoms with van der Waals surface area (Å²) in [5.74, 6) is -1.32. The van der Waals surface area contributed by atoms with Gasteiger partial charge in [0.15, 0.2) is 11.6 Å². The third kappa shape index (κ3) is 3.67. The zero-order valence-electron chi connectivity index (χ0n) is 10.4. The highest BCUT2D eigenvalue weighted by molar-refractivity contribution is 5.53. The Morgan fingerprint density at radius 1 is 1.21 bits per heavy atom. The van der Waals surface area contributed by atoms with E-state index in [9.17, 15) is 8.78 Å². The van der Waals surface area contributed by atoms with Crippen LogP contribution in [0.3, 0.4) is 0 Å². The molecule has 4 nitrogen and oxygen atoms in total. The molecule has 0 fully saturated rings. The molecule has 0 unspecified atom stereocenters. The van der Waals surface area contributed by atoms with Crippen LogP contribution < -0.4 is 11.1 Å². The van der Waals surface area contributed by atoms with Gasteiger partial charge < -0.3 is 15.6 Å². The van der Waals surface area contributed by atoms with Crippen LogP contribution in [-0.4, -0.2) is 16.1 Å². The number of nitrogens with zero attached hydrogens (tertiary/aromatic N) is 2. The minimum atomic E-state index is -0.660. The molecule has 0 aliphatic carbocycles. The van der Waals surface area contributed by atoms with Crippen LogP contribution in [0.15, 0.2) is 30.9 Å². The third-order valence-corrected chi connectivity index (χ3v) is 2.77. The van der Waals surface area contributed by atoms with Gasteiger partial charge in [-0.1, -0.05) is 0 Å². The van der Waals surface area contributed by atoms with Crippen LogP contribution in [0.1, 0.15) is 12.8 Å². The first-order chi connectivity index (χ1) is 9.16. The normalized spacial score (nSPS) is 10.6. The number of benzene rings is 1. The number of rotatable bonds is 6. The molecule has 0 aliphatic heterocycles. The number of imidazole rings is 1. The first-order valence-corrected chi connectivity index (χ1v) is 6.11. The molecule has 2 rings (SSSR count). The smallest absolute Gasteiger partial charge is 0.151 e. The van der Waals surface area contributed by atoms with Crippen molar-refractivity contribution in [2.24, 2.45) is 0 Å². The number of unbranched alkanes of at least 4 members (excludes halogenated alkanes) is 1. The molecule has 2 aromatic rings. The quantitative estimate of drug-likeness (QED) is 0.624. The third-order valence-electron chi connectivity index (χ3n) is 2.77. The number of halogens is 2. The maximum Gasteiger partial charge on any atom is 0.151 e. The maximum absolute atomic E-state index is 13.4. The molecule has 1 aromatic carbocycles. The number of aryl methyl sites for hydroxylation is 1. The molecule has 1 aromatic heterocycles. The molecule has 3 N–H and O–H groups in total. The average Bonchev–Trinajstić information content (AvgIpc) is 2.84. The Hall–Kier alpha value is -2.11. The number of nitrogens with one attached hydrogen (secondary N) is 1. The van der Waals surface area contributed by atoms with Crippen LogP contribution in [0.25, 0.3) is 0 Å². The predicted molar refractivity (Wildman–Crippen MR) is 70.7 cm³/mol. The summed E-state index contributed by atoms with van der Waals surface area (Å²) >= 11 is 0. The van der Waals surface area contributed by atoms with E-state index in [1.165, 1.54) is 0 Å². The van der Waals surface area contributed by atoms with Gasteiger partial charge in [0.1, 0.15) is 5.69 Å². The fourth-order valence-corrected chi connectivity index (χ4v) is 1.81. The summed E-state index contributed by atoms with van der Waals surface area (Å²) in [5.41, 5.74) is 5.31. The molecule has 0 spiro atoms. The number of hydrogen-bond acceptors (Lipinski definition) is 3. The topological polar surface area (TPSA) is 55.9 Å². The monoisotopic (exact) mass is 266 g/mol. The van der Waals surface area contributed by atoms with Gasteiger partial charge in [0.25, 0.3) is 0 Å². The lowest BCUT2D eigenvalue weighted by Gasteiger charge is -2.09. The maximum atomic E-state index is 13.4. The molecule has 0 aliphatic rings. The molecule has 0 saturated carbocycles. The molecule has 0 amide bonds. The van der Waals surface area contributed by atoms with Crippen LogP contribution in [-0.2, 0) is 6.54 Å². The molecule has 0 atom stereocenters. The van der Waals surface area contributed by atoms with Crippen molar-refractivity contribution in [2.45, 2.75) is 19.4 Å². The van der Waals surface area contributed by atoms with Crippen LogP contribution in [0.2, 0.25) is 0 Å². The average molecular weight is 266 g/mol. The summed E-state index contributed by atoms with van der Waals surface area (Å²) in [5, 5.41) is 2.76. The lowest BCUT2D eigenvalue weighted by molar-refractivity contribution is 0.584. The summed E-state index contributed by atoms with van der Waals surface area (Å²) in [6, 6.07) is 2.22. The summed E-state index contributed by atoms with van der Waals surface area (Å²) in [6.07, 6.45) is 7.06. The van der Waals surface area contributed by atoms with E-state index >= 15 is 0 Å². The first-order valence-electron chi connectivity index (χ1n) is 6.11. The van der Waals surface area contributed by atoms with Gasteiger partial charge in [0, 0.05) is 31.2 Å². The van der Waals surface area contributed by atoms with Gasteiger partial charge in [-0.15, -0.1) is 0 Å². The van der Waals surface area contributed by atoms with Crippen molar-refractivity contribution in [2.75, 3.05) is 17.6 Å². The van der Waals surface area contributed by atoms with E-state index in [1.807, 2.05) is 10.8 Å². The Morgan fingerprint density at radius 2 is 1.95 bits per heavy atom. The summed E-state index contributed by atoms with van der Waals surface area (Å²) < 4.78 is 28.9. The molecule has 0 saturated heterocycles. The Labute approximate surface area is 110 Å². The Morgan fingerprint density at radius 3 is 2.58 bits per heavy atom. The number of hydrogen-bond donors (Lipinski definition) is 2. The van der Waals surface area contributed by atoms with Crippen molar-refractivity contribution < 1.29 is 8.78 Å². The van der Waals surface area contributed by atoms with E-state index in [1.54, 1.807) is 12.5 Å². The van der Waals surface area contributed by atoms with Gasteiger partial charge in [-0.3, -0.25) is 0 Å². The zero-order chi connectivity index (χ0) is 13.7. The Bertz CT molecular complexity index is 502. The number of nitrogens with two attached hydrogens (primary N) is 1. The van der Waals surface area contributed by atoms with E-state index in [4.69, 9.17) is 5.73 Å². The van der Waals surface area contributed by atoms with Crippen molar-refractivity contribution in [3.05, 3.63) is 42.5 Å². The fourth-order valence-electron chi connectivity index (χ4n) is 1.81. The van der Waals surface area contributed by atoms with E-state index in [2.05, 4.69) is 10.3 Å². The van der Waals surface area contributed by atoms with Gasteiger partial charge in [-0.2, -0.15) is 0 Å². The molecular weight excluding hydrogens is 250 g/mol. The molecular formula is C13H16F2N4. The van der Waals surface area contributed by atoms with E-state index in [0.29, 0.717) is 6.54 Å². The van der Waals surface area contributed by atoms with Crippen molar-refractivity contribution >= 4 is 11.4 Å². The molecule has 6 heteroatoms. The van der Waals surface area contributed by atoms with Gasteiger partial charge in [0.05, 0.1) is 6.33 Å². The first kappa shape index (κ1) is 13.3. The number of anilines is 2. The highest BCUT2D eigenvalue weighted by atomic mass is 19.1. The van der Waals surface area contributed by atoms with E-state index in [0.717, 1.165) is 31.5 Å². The fraction of sp³-hybridized carbons (Fsp3) is 0.308. The second-order valence-electron chi connectivity index (χ2n) is 4.29. The molecule has 102 valence electrons. The zero-order valence-corrected chi connectivity index (χ0v) is 10.4. The standard InChI is InChI=1S/C13H16F2N4/c14-11-7-10(16)8-12(15)13(11)18-3-1-2-5-19-6-4-17-9-19/h4,6-9,18H,1-3,5,16H2. The summed E-state index contributed by atoms with van der Waals surface area (Å²) in [7, 11) is 0. The van der Waals surface area contributed by atoms with Crippen molar-refractivity contribution in [1.29, 1.82) is 0 Å². The molecule has 0 radical (unpaired) electrons. The van der Waals surface area contributed by atoms with Crippen LogP contribution in [0.5, 0.6) is 0 Å². The summed E-state index contributed by atoms with van der Waals surface area (Å²) in [6.45, 7) is 1.35.